The Bertz CT molecular complexity index is 1440. The van der Waals surface area contributed by atoms with Gasteiger partial charge in [0.1, 0.15) is 12.4 Å². The maximum absolute atomic E-state index is 12.6. The lowest BCUT2D eigenvalue weighted by molar-refractivity contribution is 0.101. The van der Waals surface area contributed by atoms with Gasteiger partial charge in [-0.3, -0.25) is 4.79 Å². The largest absolute Gasteiger partial charge is 0.489 e. The van der Waals surface area contributed by atoms with E-state index in [2.05, 4.69) is 15.5 Å². The predicted octanol–water partition coefficient (Wildman–Crippen LogP) is 6.74. The molecule has 0 spiro atoms. The molecule has 164 valence electrons. The topological polar surface area (TPSA) is 77.2 Å². The molecular formula is C25H18ClN3O3S. The number of fused-ring (bicyclic) bond motifs is 1. The van der Waals surface area contributed by atoms with Crippen molar-refractivity contribution in [3.8, 4) is 17.1 Å². The van der Waals surface area contributed by atoms with Crippen LogP contribution in [-0.2, 0) is 6.61 Å². The number of hydrogen-bond donors (Lipinski definition) is 1. The summed E-state index contributed by atoms with van der Waals surface area (Å²) in [6, 6.07) is 22.2. The quantitative estimate of drug-likeness (QED) is 0.294. The molecule has 0 aliphatic carbocycles. The molecule has 0 aliphatic heterocycles. The van der Waals surface area contributed by atoms with Crippen LogP contribution in [0.2, 0.25) is 5.02 Å². The Hall–Kier alpha value is -3.68. The highest BCUT2D eigenvalue weighted by Crippen LogP contribution is 2.27. The lowest BCUT2D eigenvalue weighted by atomic mass is 10.1. The van der Waals surface area contributed by atoms with Gasteiger partial charge in [-0.15, -0.1) is 11.3 Å². The molecular weight excluding hydrogens is 458 g/mol. The minimum Gasteiger partial charge on any atom is -0.489 e. The van der Waals surface area contributed by atoms with Crippen LogP contribution < -0.4 is 10.1 Å². The van der Waals surface area contributed by atoms with Gasteiger partial charge in [0.2, 0.25) is 0 Å². The van der Waals surface area contributed by atoms with Gasteiger partial charge in [-0.2, -0.15) is 0 Å². The van der Waals surface area contributed by atoms with Gasteiger partial charge >= 0.3 is 0 Å². The molecule has 0 radical (unpaired) electrons. The molecule has 0 saturated carbocycles. The molecule has 0 bridgehead atoms. The highest BCUT2D eigenvalue weighted by atomic mass is 35.5. The van der Waals surface area contributed by atoms with E-state index in [1.165, 1.54) is 0 Å². The summed E-state index contributed by atoms with van der Waals surface area (Å²) >= 11 is 7.75. The van der Waals surface area contributed by atoms with Crippen molar-refractivity contribution in [2.45, 2.75) is 13.5 Å². The first kappa shape index (κ1) is 21.2. The lowest BCUT2D eigenvalue weighted by Gasteiger charge is -2.08. The summed E-state index contributed by atoms with van der Waals surface area (Å²) in [5.41, 5.74) is 3.50. The Labute approximate surface area is 198 Å². The highest BCUT2D eigenvalue weighted by Gasteiger charge is 2.15. The minimum atomic E-state index is -0.342. The van der Waals surface area contributed by atoms with Gasteiger partial charge in [0.05, 0.1) is 15.2 Å². The summed E-state index contributed by atoms with van der Waals surface area (Å²) in [6.45, 7) is 2.33. The number of amides is 1. The van der Waals surface area contributed by atoms with Gasteiger partial charge in [0.15, 0.2) is 11.5 Å². The molecule has 0 unspecified atom stereocenters. The first-order chi connectivity index (χ1) is 16.0. The van der Waals surface area contributed by atoms with E-state index in [1.807, 2.05) is 73.7 Å². The number of benzene rings is 3. The van der Waals surface area contributed by atoms with Crippen LogP contribution in [0.4, 0.5) is 5.69 Å². The van der Waals surface area contributed by atoms with Crippen LogP contribution in [0.5, 0.6) is 5.75 Å². The molecule has 0 saturated heterocycles. The maximum atomic E-state index is 12.6. The van der Waals surface area contributed by atoms with Crippen molar-refractivity contribution < 1.29 is 14.1 Å². The molecule has 5 aromatic rings. The summed E-state index contributed by atoms with van der Waals surface area (Å²) in [5, 5.41) is 8.43. The molecule has 5 rings (SSSR count). The monoisotopic (exact) mass is 475 g/mol. The number of carbonyl (C=O) groups is 1. The van der Waals surface area contributed by atoms with Crippen molar-refractivity contribution in [2.75, 3.05) is 5.32 Å². The number of aromatic nitrogens is 2. The third-order valence-electron chi connectivity index (χ3n) is 4.99. The molecule has 6 nitrogen and oxygen atoms in total. The average Bonchev–Trinajstić information content (AvgIpc) is 3.45. The zero-order valence-corrected chi connectivity index (χ0v) is 19.1. The SMILES string of the molecule is Cc1nc2ccc(NC(=O)c3cc(-c4ccc(OCc5ccccc5Cl)cc4)on3)cc2s1. The summed E-state index contributed by atoms with van der Waals surface area (Å²) in [4.78, 5) is 17.1. The standard InChI is InChI=1S/C25H18ClN3O3S/c1-15-27-21-11-8-18(12-24(21)33-15)28-25(30)22-13-23(32-29-22)16-6-9-19(10-7-16)31-14-17-4-2-3-5-20(17)26/h2-13H,14H2,1H3,(H,28,30). The number of hydrogen-bond acceptors (Lipinski definition) is 6. The van der Waals surface area contributed by atoms with Gasteiger partial charge in [-0.25, -0.2) is 4.98 Å². The average molecular weight is 476 g/mol. The minimum absolute atomic E-state index is 0.199. The predicted molar refractivity (Wildman–Crippen MR) is 130 cm³/mol. The van der Waals surface area contributed by atoms with Crippen LogP contribution in [0, 0.1) is 6.92 Å². The van der Waals surface area contributed by atoms with E-state index in [-0.39, 0.29) is 11.6 Å². The summed E-state index contributed by atoms with van der Waals surface area (Å²) in [7, 11) is 0. The van der Waals surface area contributed by atoms with Crippen molar-refractivity contribution in [2.24, 2.45) is 0 Å². The van der Waals surface area contributed by atoms with Crippen molar-refractivity contribution in [3.05, 3.63) is 94.1 Å². The van der Waals surface area contributed by atoms with E-state index in [4.69, 9.17) is 20.9 Å². The first-order valence-corrected chi connectivity index (χ1v) is 11.4. The number of thiazole rings is 1. The number of ether oxygens (including phenoxy) is 1. The number of rotatable bonds is 6. The normalized spacial score (nSPS) is 11.0. The van der Waals surface area contributed by atoms with E-state index in [0.717, 1.165) is 26.4 Å². The molecule has 0 atom stereocenters. The number of nitrogens with zero attached hydrogens (tertiary/aromatic N) is 2. The summed E-state index contributed by atoms with van der Waals surface area (Å²) in [6.07, 6.45) is 0. The highest BCUT2D eigenvalue weighted by molar-refractivity contribution is 7.18. The van der Waals surface area contributed by atoms with Crippen molar-refractivity contribution >= 4 is 44.7 Å². The zero-order chi connectivity index (χ0) is 22.8. The zero-order valence-electron chi connectivity index (χ0n) is 17.5. The number of aryl methyl sites for hydroxylation is 1. The van der Waals surface area contributed by atoms with Crippen molar-refractivity contribution in [1.82, 2.24) is 10.1 Å². The van der Waals surface area contributed by atoms with Crippen LogP contribution in [0.15, 0.2) is 77.3 Å². The Morgan fingerprint density at radius 2 is 1.91 bits per heavy atom. The fraction of sp³-hybridized carbons (Fsp3) is 0.0800. The molecule has 0 aliphatic rings. The Morgan fingerprint density at radius 1 is 1.09 bits per heavy atom. The van der Waals surface area contributed by atoms with Crippen LogP contribution in [0.3, 0.4) is 0 Å². The van der Waals surface area contributed by atoms with E-state index in [0.29, 0.717) is 28.8 Å². The fourth-order valence-corrected chi connectivity index (χ4v) is 4.38. The Kier molecular flexibility index (Phi) is 5.81. The molecule has 1 N–H and O–H groups in total. The first-order valence-electron chi connectivity index (χ1n) is 10.2. The maximum Gasteiger partial charge on any atom is 0.277 e. The van der Waals surface area contributed by atoms with Gasteiger partial charge < -0.3 is 14.6 Å². The number of halogens is 1. The van der Waals surface area contributed by atoms with Crippen molar-refractivity contribution in [1.29, 1.82) is 0 Å². The molecule has 2 aromatic heterocycles. The molecule has 3 aromatic carbocycles. The Balaban J connectivity index is 1.24. The van der Waals surface area contributed by atoms with Gasteiger partial charge in [0, 0.05) is 27.9 Å². The van der Waals surface area contributed by atoms with E-state index < -0.39 is 0 Å². The van der Waals surface area contributed by atoms with Crippen LogP contribution in [0.25, 0.3) is 21.5 Å². The van der Waals surface area contributed by atoms with E-state index >= 15 is 0 Å². The molecule has 1 amide bonds. The van der Waals surface area contributed by atoms with E-state index in [9.17, 15) is 4.79 Å². The Morgan fingerprint density at radius 3 is 2.73 bits per heavy atom. The van der Waals surface area contributed by atoms with Crippen molar-refractivity contribution in [3.63, 3.8) is 0 Å². The second-order valence-electron chi connectivity index (χ2n) is 7.35. The second-order valence-corrected chi connectivity index (χ2v) is 8.99. The smallest absolute Gasteiger partial charge is 0.277 e. The van der Waals surface area contributed by atoms with E-state index in [1.54, 1.807) is 17.4 Å². The van der Waals surface area contributed by atoms with Gasteiger partial charge in [0.25, 0.3) is 5.91 Å². The van der Waals surface area contributed by atoms with Gasteiger partial charge in [-0.05, 0) is 55.5 Å². The second kappa shape index (κ2) is 9.05. The molecule has 0 fully saturated rings. The van der Waals surface area contributed by atoms with Gasteiger partial charge in [-0.1, -0.05) is 35.0 Å². The molecule has 33 heavy (non-hydrogen) atoms. The van der Waals surface area contributed by atoms with Crippen LogP contribution in [-0.4, -0.2) is 16.0 Å². The third-order valence-corrected chi connectivity index (χ3v) is 6.29. The van der Waals surface area contributed by atoms with Crippen LogP contribution in [0.1, 0.15) is 21.1 Å². The third kappa shape index (κ3) is 4.74. The fourth-order valence-electron chi connectivity index (χ4n) is 3.32. The summed E-state index contributed by atoms with van der Waals surface area (Å²) < 4.78 is 12.2. The lowest BCUT2D eigenvalue weighted by Crippen LogP contribution is -2.11. The number of carbonyl (C=O) groups excluding carboxylic acids is 1. The number of anilines is 1. The molecule has 8 heteroatoms. The molecule has 2 heterocycles. The number of nitrogens with one attached hydrogen (secondary N) is 1. The van der Waals surface area contributed by atoms with Crippen LogP contribution >= 0.6 is 22.9 Å². The summed E-state index contributed by atoms with van der Waals surface area (Å²) in [5.74, 6) is 0.849.